The number of para-hydroxylation sites is 1. The lowest BCUT2D eigenvalue weighted by atomic mass is 9.92. The van der Waals surface area contributed by atoms with Gasteiger partial charge < -0.3 is 21.2 Å². The average molecular weight is 291 g/mol. The first-order valence-corrected chi connectivity index (χ1v) is 7.21. The van der Waals surface area contributed by atoms with Gasteiger partial charge in [-0.15, -0.1) is 0 Å². The molecule has 0 amide bonds. The lowest BCUT2D eigenvalue weighted by Crippen LogP contribution is -2.44. The number of hydrogen-bond acceptors (Lipinski definition) is 4. The third-order valence-corrected chi connectivity index (χ3v) is 4.11. The van der Waals surface area contributed by atoms with Crippen LogP contribution in [0.3, 0.4) is 0 Å². The topological polar surface area (TPSA) is 77.2 Å². The molecule has 0 bridgehead atoms. The van der Waals surface area contributed by atoms with Gasteiger partial charge in [0.25, 0.3) is 0 Å². The molecule has 1 aliphatic heterocycles. The highest BCUT2D eigenvalue weighted by Gasteiger charge is 2.31. The van der Waals surface area contributed by atoms with Crippen LogP contribution < -0.4 is 16.8 Å². The van der Waals surface area contributed by atoms with Gasteiger partial charge in [0.2, 0.25) is 0 Å². The lowest BCUT2D eigenvalue weighted by Gasteiger charge is -2.33. The maximum Gasteiger partial charge on any atom is 0.141 e. The molecule has 1 atom stereocenters. The zero-order chi connectivity index (χ0) is 15.3. The summed E-state index contributed by atoms with van der Waals surface area (Å²) in [6.45, 7) is 1.94. The van der Waals surface area contributed by atoms with Crippen LogP contribution in [0.25, 0.3) is 17.0 Å². The van der Waals surface area contributed by atoms with Crippen molar-refractivity contribution in [1.82, 2.24) is 0 Å². The van der Waals surface area contributed by atoms with Crippen LogP contribution in [-0.4, -0.2) is 0 Å². The SMILES string of the molecule is Cc1cc2cccc(C3(N)C=Cc4c(N)cccc4N3)c2o1. The van der Waals surface area contributed by atoms with Crippen LogP contribution in [0.1, 0.15) is 16.9 Å². The third kappa shape index (κ3) is 1.81. The number of rotatable bonds is 1. The van der Waals surface area contributed by atoms with Gasteiger partial charge in [-0.25, -0.2) is 0 Å². The van der Waals surface area contributed by atoms with Gasteiger partial charge >= 0.3 is 0 Å². The Balaban J connectivity index is 1.89. The summed E-state index contributed by atoms with van der Waals surface area (Å²) in [6, 6.07) is 13.8. The highest BCUT2D eigenvalue weighted by atomic mass is 16.3. The van der Waals surface area contributed by atoms with Crippen LogP contribution in [-0.2, 0) is 5.66 Å². The molecule has 0 radical (unpaired) electrons. The van der Waals surface area contributed by atoms with E-state index < -0.39 is 5.66 Å². The van der Waals surface area contributed by atoms with Crippen molar-refractivity contribution in [2.45, 2.75) is 12.6 Å². The summed E-state index contributed by atoms with van der Waals surface area (Å²) in [7, 11) is 0. The maximum atomic E-state index is 6.62. The van der Waals surface area contributed by atoms with Gasteiger partial charge in [-0.3, -0.25) is 0 Å². The Kier molecular flexibility index (Phi) is 2.59. The molecular formula is C18H17N3O. The van der Waals surface area contributed by atoms with Gasteiger partial charge in [-0.1, -0.05) is 30.3 Å². The monoisotopic (exact) mass is 291 g/mol. The highest BCUT2D eigenvalue weighted by Crippen LogP contribution is 2.37. The molecule has 5 N–H and O–H groups in total. The van der Waals surface area contributed by atoms with Gasteiger partial charge in [-0.2, -0.15) is 0 Å². The van der Waals surface area contributed by atoms with Gasteiger partial charge in [0.05, 0.1) is 0 Å². The van der Waals surface area contributed by atoms with Crippen molar-refractivity contribution in [3.05, 3.63) is 65.4 Å². The Labute approximate surface area is 128 Å². The molecule has 1 unspecified atom stereocenters. The fourth-order valence-electron chi connectivity index (χ4n) is 3.03. The molecule has 110 valence electrons. The van der Waals surface area contributed by atoms with E-state index >= 15 is 0 Å². The minimum absolute atomic E-state index is 0.732. The third-order valence-electron chi connectivity index (χ3n) is 4.11. The highest BCUT2D eigenvalue weighted by molar-refractivity contribution is 5.86. The van der Waals surface area contributed by atoms with E-state index in [1.165, 1.54) is 0 Å². The number of benzene rings is 2. The minimum atomic E-state index is -0.829. The van der Waals surface area contributed by atoms with Crippen molar-refractivity contribution >= 4 is 28.4 Å². The molecule has 3 aromatic rings. The Morgan fingerprint density at radius 2 is 1.95 bits per heavy atom. The van der Waals surface area contributed by atoms with E-state index in [4.69, 9.17) is 15.9 Å². The van der Waals surface area contributed by atoms with E-state index in [-0.39, 0.29) is 0 Å². The molecule has 0 fully saturated rings. The minimum Gasteiger partial charge on any atom is -0.461 e. The smallest absolute Gasteiger partial charge is 0.141 e. The number of nitrogens with two attached hydrogens (primary N) is 2. The molecule has 0 saturated carbocycles. The number of furan rings is 1. The van der Waals surface area contributed by atoms with Crippen molar-refractivity contribution < 1.29 is 4.42 Å². The quantitative estimate of drug-likeness (QED) is 0.599. The van der Waals surface area contributed by atoms with Crippen molar-refractivity contribution in [1.29, 1.82) is 0 Å². The van der Waals surface area contributed by atoms with E-state index in [0.29, 0.717) is 0 Å². The normalized spacial score (nSPS) is 19.9. The summed E-state index contributed by atoms with van der Waals surface area (Å²) in [4.78, 5) is 0. The van der Waals surface area contributed by atoms with Gasteiger partial charge in [0, 0.05) is 27.9 Å². The molecule has 22 heavy (non-hydrogen) atoms. The first kappa shape index (κ1) is 13.0. The molecule has 2 heterocycles. The predicted octanol–water partition coefficient (Wildman–Crippen LogP) is 3.57. The fraction of sp³-hybridized carbons (Fsp3) is 0.111. The summed E-state index contributed by atoms with van der Waals surface area (Å²) < 4.78 is 5.85. The van der Waals surface area contributed by atoms with Gasteiger partial charge in [-0.05, 0) is 31.2 Å². The van der Waals surface area contributed by atoms with E-state index in [1.807, 2.05) is 61.5 Å². The number of hydrogen-bond donors (Lipinski definition) is 3. The zero-order valence-electron chi connectivity index (χ0n) is 12.3. The molecule has 2 aromatic carbocycles. The zero-order valence-corrected chi connectivity index (χ0v) is 12.3. The largest absolute Gasteiger partial charge is 0.461 e. The van der Waals surface area contributed by atoms with Crippen LogP contribution in [0.15, 0.2) is 53.0 Å². The van der Waals surface area contributed by atoms with Crippen LogP contribution in [0, 0.1) is 6.92 Å². The molecular weight excluding hydrogens is 274 g/mol. The van der Waals surface area contributed by atoms with E-state index in [9.17, 15) is 0 Å². The second-order valence-corrected chi connectivity index (χ2v) is 5.72. The predicted molar refractivity (Wildman–Crippen MR) is 90.3 cm³/mol. The van der Waals surface area contributed by atoms with E-state index in [2.05, 4.69) is 5.32 Å². The molecule has 4 heteroatoms. The number of anilines is 2. The standard InChI is InChI=1S/C18H17N3O/c1-11-10-12-4-2-5-14(17(12)22-11)18(20)9-8-13-15(19)6-3-7-16(13)21-18/h2-10,21H,19-20H2,1H3. The first-order valence-electron chi connectivity index (χ1n) is 7.21. The number of fused-ring (bicyclic) bond motifs is 2. The summed E-state index contributed by atoms with van der Waals surface area (Å²) in [6.07, 6.45) is 3.90. The summed E-state index contributed by atoms with van der Waals surface area (Å²) in [5.41, 5.74) is 16.1. The number of nitrogen functional groups attached to an aromatic ring is 1. The Morgan fingerprint density at radius 3 is 2.82 bits per heavy atom. The van der Waals surface area contributed by atoms with Crippen LogP contribution >= 0.6 is 0 Å². The summed E-state index contributed by atoms with van der Waals surface area (Å²) >= 11 is 0. The molecule has 0 spiro atoms. The second kappa shape index (κ2) is 4.39. The molecule has 0 aliphatic carbocycles. The van der Waals surface area contributed by atoms with Crippen molar-refractivity contribution in [3.8, 4) is 0 Å². The molecule has 1 aromatic heterocycles. The molecule has 0 saturated heterocycles. The number of aryl methyl sites for hydroxylation is 1. The van der Waals surface area contributed by atoms with Gasteiger partial charge in [0.15, 0.2) is 0 Å². The lowest BCUT2D eigenvalue weighted by molar-refractivity contribution is 0.558. The molecule has 4 nitrogen and oxygen atoms in total. The van der Waals surface area contributed by atoms with E-state index in [0.717, 1.165) is 39.2 Å². The Bertz CT molecular complexity index is 910. The van der Waals surface area contributed by atoms with Crippen molar-refractivity contribution in [2.75, 3.05) is 11.1 Å². The van der Waals surface area contributed by atoms with Crippen LogP contribution in [0.5, 0.6) is 0 Å². The van der Waals surface area contributed by atoms with E-state index in [1.54, 1.807) is 0 Å². The Hall–Kier alpha value is -2.72. The van der Waals surface area contributed by atoms with Crippen molar-refractivity contribution in [3.63, 3.8) is 0 Å². The second-order valence-electron chi connectivity index (χ2n) is 5.72. The van der Waals surface area contributed by atoms with Crippen LogP contribution in [0.4, 0.5) is 11.4 Å². The van der Waals surface area contributed by atoms with Crippen LogP contribution in [0.2, 0.25) is 0 Å². The average Bonchev–Trinajstić information content (AvgIpc) is 2.87. The molecule has 4 rings (SSSR count). The molecule has 1 aliphatic rings. The Morgan fingerprint density at radius 1 is 1.14 bits per heavy atom. The summed E-state index contributed by atoms with van der Waals surface area (Å²) in [5, 5.41) is 4.43. The number of nitrogens with one attached hydrogen (secondary N) is 1. The maximum absolute atomic E-state index is 6.62. The fourth-order valence-corrected chi connectivity index (χ4v) is 3.03. The first-order chi connectivity index (χ1) is 10.6. The summed E-state index contributed by atoms with van der Waals surface area (Å²) in [5.74, 6) is 0.871. The van der Waals surface area contributed by atoms with Crippen molar-refractivity contribution in [2.24, 2.45) is 5.73 Å². The van der Waals surface area contributed by atoms with Gasteiger partial charge in [0.1, 0.15) is 17.0 Å².